The van der Waals surface area contributed by atoms with Gasteiger partial charge in [-0.1, -0.05) is 42.5 Å². The van der Waals surface area contributed by atoms with E-state index in [1.165, 1.54) is 27.8 Å². The Hall–Kier alpha value is -1.60. The van der Waals surface area contributed by atoms with Crippen LogP contribution in [-0.4, -0.2) is 5.54 Å². The van der Waals surface area contributed by atoms with Crippen LogP contribution in [0, 0.1) is 0 Å². The topological polar surface area (TPSA) is 12.0 Å². The molecule has 1 N–H and O–H groups in total. The molecule has 0 saturated heterocycles. The average Bonchev–Trinajstić information content (AvgIpc) is 2.74. The maximum atomic E-state index is 3.59. The maximum Gasteiger partial charge on any atom is 0.0213 e. The van der Waals surface area contributed by atoms with Gasteiger partial charge >= 0.3 is 0 Å². The van der Waals surface area contributed by atoms with Crippen molar-refractivity contribution in [1.29, 1.82) is 0 Å². The van der Waals surface area contributed by atoms with Crippen molar-refractivity contribution >= 4 is 0 Å². The lowest BCUT2D eigenvalue weighted by atomic mass is 10.00. The molecule has 0 saturated carbocycles. The van der Waals surface area contributed by atoms with Crippen molar-refractivity contribution in [1.82, 2.24) is 5.32 Å². The number of rotatable bonds is 2. The molecule has 1 nitrogen and oxygen atoms in total. The van der Waals surface area contributed by atoms with E-state index >= 15 is 0 Å². The number of benzene rings is 2. The summed E-state index contributed by atoms with van der Waals surface area (Å²) < 4.78 is 0. The normalized spacial score (nSPS) is 13.2. The second kappa shape index (κ2) is 4.50. The van der Waals surface area contributed by atoms with Gasteiger partial charge in [0.05, 0.1) is 0 Å². The quantitative estimate of drug-likeness (QED) is 0.721. The highest BCUT2D eigenvalue weighted by atomic mass is 14.9. The fourth-order valence-corrected chi connectivity index (χ4v) is 2.75. The van der Waals surface area contributed by atoms with Crippen LogP contribution in [0.3, 0.4) is 0 Å². The Morgan fingerprint density at radius 2 is 1.68 bits per heavy atom. The van der Waals surface area contributed by atoms with E-state index in [1.807, 2.05) is 0 Å². The molecule has 0 aliphatic heterocycles. The summed E-state index contributed by atoms with van der Waals surface area (Å²) in [5.41, 5.74) is 7.39. The number of hydrogen-bond acceptors (Lipinski definition) is 1. The molecule has 0 unspecified atom stereocenters. The van der Waals surface area contributed by atoms with Gasteiger partial charge < -0.3 is 5.32 Å². The Morgan fingerprint density at radius 3 is 2.47 bits per heavy atom. The van der Waals surface area contributed by atoms with Crippen LogP contribution in [0.1, 0.15) is 37.5 Å². The van der Waals surface area contributed by atoms with Gasteiger partial charge in [-0.3, -0.25) is 0 Å². The Labute approximate surface area is 115 Å². The SMILES string of the molecule is CC(C)(C)NCc1cccc2c1Cc1ccccc1-2. The summed E-state index contributed by atoms with van der Waals surface area (Å²) >= 11 is 0. The van der Waals surface area contributed by atoms with Gasteiger partial charge in [0, 0.05) is 12.1 Å². The lowest BCUT2D eigenvalue weighted by Gasteiger charge is -2.21. The van der Waals surface area contributed by atoms with Gasteiger partial charge in [-0.25, -0.2) is 0 Å². The Bertz CT molecular complexity index is 605. The molecule has 0 radical (unpaired) electrons. The summed E-state index contributed by atoms with van der Waals surface area (Å²) in [6.07, 6.45) is 1.08. The van der Waals surface area contributed by atoms with Crippen molar-refractivity contribution in [3.05, 3.63) is 59.2 Å². The zero-order valence-corrected chi connectivity index (χ0v) is 12.0. The molecule has 0 fully saturated rings. The van der Waals surface area contributed by atoms with E-state index in [9.17, 15) is 0 Å². The second-order valence-electron chi connectivity index (χ2n) is 6.38. The van der Waals surface area contributed by atoms with Crippen molar-refractivity contribution in [2.45, 2.75) is 39.3 Å². The van der Waals surface area contributed by atoms with Crippen molar-refractivity contribution in [2.75, 3.05) is 0 Å². The molecule has 0 spiro atoms. The summed E-state index contributed by atoms with van der Waals surface area (Å²) in [4.78, 5) is 0. The molecule has 0 heterocycles. The van der Waals surface area contributed by atoms with Gasteiger partial charge in [-0.15, -0.1) is 0 Å². The largest absolute Gasteiger partial charge is 0.308 e. The van der Waals surface area contributed by atoms with E-state index in [1.54, 1.807) is 0 Å². The monoisotopic (exact) mass is 251 g/mol. The highest BCUT2D eigenvalue weighted by Crippen LogP contribution is 2.38. The third kappa shape index (κ3) is 2.43. The standard InChI is InChI=1S/C18H21N/c1-18(2,3)19-12-14-8-6-10-16-15-9-5-4-7-13(15)11-17(14)16/h4-10,19H,11-12H2,1-3H3. The molecule has 0 bridgehead atoms. The minimum atomic E-state index is 0.161. The predicted molar refractivity (Wildman–Crippen MR) is 81.3 cm³/mol. The van der Waals surface area contributed by atoms with Gasteiger partial charge in [-0.05, 0) is 55.0 Å². The molecule has 19 heavy (non-hydrogen) atoms. The average molecular weight is 251 g/mol. The first-order chi connectivity index (χ1) is 9.04. The summed E-state index contributed by atoms with van der Waals surface area (Å²) in [5.74, 6) is 0. The Balaban J connectivity index is 1.95. The van der Waals surface area contributed by atoms with Crippen LogP contribution in [0.2, 0.25) is 0 Å². The lowest BCUT2D eigenvalue weighted by Crippen LogP contribution is -2.35. The molecule has 1 aliphatic rings. The molecule has 2 aromatic carbocycles. The molecule has 2 aromatic rings. The van der Waals surface area contributed by atoms with E-state index in [4.69, 9.17) is 0 Å². The second-order valence-corrected chi connectivity index (χ2v) is 6.38. The van der Waals surface area contributed by atoms with Crippen LogP contribution in [0.25, 0.3) is 11.1 Å². The molecule has 98 valence electrons. The summed E-state index contributed by atoms with van der Waals surface area (Å²) in [6, 6.07) is 15.4. The minimum Gasteiger partial charge on any atom is -0.308 e. The van der Waals surface area contributed by atoms with Gasteiger partial charge in [0.15, 0.2) is 0 Å². The molecular formula is C18H21N. The van der Waals surface area contributed by atoms with Crippen LogP contribution < -0.4 is 5.32 Å². The van der Waals surface area contributed by atoms with Crippen LogP contribution in [-0.2, 0) is 13.0 Å². The fourth-order valence-electron chi connectivity index (χ4n) is 2.75. The maximum absolute atomic E-state index is 3.59. The van der Waals surface area contributed by atoms with E-state index in [0.29, 0.717) is 0 Å². The van der Waals surface area contributed by atoms with E-state index < -0.39 is 0 Å². The number of fused-ring (bicyclic) bond motifs is 3. The Kier molecular flexibility index (Phi) is 2.94. The zero-order chi connectivity index (χ0) is 13.5. The van der Waals surface area contributed by atoms with Crippen molar-refractivity contribution in [3.63, 3.8) is 0 Å². The molecule has 1 aliphatic carbocycles. The third-order valence-electron chi connectivity index (χ3n) is 3.76. The lowest BCUT2D eigenvalue weighted by molar-refractivity contribution is 0.423. The zero-order valence-electron chi connectivity index (χ0n) is 12.0. The number of hydrogen-bond donors (Lipinski definition) is 1. The summed E-state index contributed by atoms with van der Waals surface area (Å²) in [7, 11) is 0. The van der Waals surface area contributed by atoms with E-state index in [0.717, 1.165) is 13.0 Å². The molecule has 0 amide bonds. The van der Waals surface area contributed by atoms with Crippen LogP contribution in [0.5, 0.6) is 0 Å². The Morgan fingerprint density at radius 1 is 0.947 bits per heavy atom. The summed E-state index contributed by atoms with van der Waals surface area (Å²) in [6.45, 7) is 7.58. The molecule has 3 rings (SSSR count). The smallest absolute Gasteiger partial charge is 0.0213 e. The molecule has 0 aromatic heterocycles. The third-order valence-corrected chi connectivity index (χ3v) is 3.76. The van der Waals surface area contributed by atoms with Gasteiger partial charge in [0.25, 0.3) is 0 Å². The minimum absolute atomic E-state index is 0.161. The van der Waals surface area contributed by atoms with Crippen LogP contribution in [0.4, 0.5) is 0 Å². The van der Waals surface area contributed by atoms with Crippen molar-refractivity contribution < 1.29 is 0 Å². The highest BCUT2D eigenvalue weighted by molar-refractivity contribution is 5.77. The van der Waals surface area contributed by atoms with Crippen molar-refractivity contribution in [2.24, 2.45) is 0 Å². The highest BCUT2D eigenvalue weighted by Gasteiger charge is 2.20. The first-order valence-corrected chi connectivity index (χ1v) is 6.99. The van der Waals surface area contributed by atoms with Gasteiger partial charge in [0.2, 0.25) is 0 Å². The number of nitrogens with one attached hydrogen (secondary N) is 1. The first kappa shape index (κ1) is 12.4. The fraction of sp³-hybridized carbons (Fsp3) is 0.333. The van der Waals surface area contributed by atoms with E-state index in [2.05, 4.69) is 68.6 Å². The van der Waals surface area contributed by atoms with Gasteiger partial charge in [-0.2, -0.15) is 0 Å². The molecule has 0 atom stereocenters. The molecular weight excluding hydrogens is 230 g/mol. The predicted octanol–water partition coefficient (Wildman–Crippen LogP) is 4.15. The van der Waals surface area contributed by atoms with Crippen LogP contribution in [0.15, 0.2) is 42.5 Å². The summed E-state index contributed by atoms with van der Waals surface area (Å²) in [5, 5.41) is 3.59. The van der Waals surface area contributed by atoms with E-state index in [-0.39, 0.29) is 5.54 Å². The van der Waals surface area contributed by atoms with Crippen LogP contribution >= 0.6 is 0 Å². The molecule has 1 heteroatoms. The van der Waals surface area contributed by atoms with Crippen molar-refractivity contribution in [3.8, 4) is 11.1 Å². The van der Waals surface area contributed by atoms with Gasteiger partial charge in [0.1, 0.15) is 0 Å². The first-order valence-electron chi connectivity index (χ1n) is 6.99.